The molecule has 0 aliphatic carbocycles. The predicted molar refractivity (Wildman–Crippen MR) is 64.8 cm³/mol. The molecule has 0 amide bonds. The molecule has 17 heavy (non-hydrogen) atoms. The zero-order chi connectivity index (χ0) is 12.1. The Hall–Kier alpha value is -2.16. The maximum atomic E-state index is 11.8. The van der Waals surface area contributed by atoms with E-state index in [4.69, 9.17) is 0 Å². The van der Waals surface area contributed by atoms with E-state index in [0.717, 1.165) is 5.69 Å². The number of aromatic hydroxyl groups is 1. The number of nitrogens with zero attached hydrogens (tertiary/aromatic N) is 1. The number of hydrogen-bond donors (Lipinski definition) is 1. The minimum absolute atomic E-state index is 0.0465. The average molecular weight is 227 g/mol. The normalized spacial score (nSPS) is 10.1. The van der Waals surface area contributed by atoms with Gasteiger partial charge in [-0.3, -0.25) is 9.78 Å². The second-order valence-electron chi connectivity index (χ2n) is 3.84. The molecule has 0 saturated heterocycles. The molecule has 0 atom stereocenters. The maximum Gasteiger partial charge on any atom is 0.143 e. The largest absolute Gasteiger partial charge is 0.508 e. The van der Waals surface area contributed by atoms with Gasteiger partial charge in [-0.15, -0.1) is 0 Å². The maximum absolute atomic E-state index is 11.8. The first-order valence-electron chi connectivity index (χ1n) is 5.44. The summed E-state index contributed by atoms with van der Waals surface area (Å²) < 4.78 is 0. The third-order valence-corrected chi connectivity index (χ3v) is 2.48. The van der Waals surface area contributed by atoms with E-state index >= 15 is 0 Å². The lowest BCUT2D eigenvalue weighted by molar-refractivity contribution is -0.117. The molecule has 1 N–H and O–H groups in total. The molecule has 3 heteroatoms. The predicted octanol–water partition coefficient (Wildman–Crippen LogP) is 2.14. The summed E-state index contributed by atoms with van der Waals surface area (Å²) in [6.07, 6.45) is 2.21. The number of phenols is 1. The number of rotatable bonds is 4. The van der Waals surface area contributed by atoms with Gasteiger partial charge in [-0.1, -0.05) is 24.3 Å². The van der Waals surface area contributed by atoms with Crippen molar-refractivity contribution >= 4 is 5.78 Å². The third kappa shape index (κ3) is 3.14. The van der Waals surface area contributed by atoms with Crippen LogP contribution in [0.3, 0.4) is 0 Å². The third-order valence-electron chi connectivity index (χ3n) is 2.48. The van der Waals surface area contributed by atoms with Crippen molar-refractivity contribution in [2.75, 3.05) is 0 Å². The zero-order valence-electron chi connectivity index (χ0n) is 9.34. The number of Topliss-reactive ketones (excluding diaryl/α,β-unsaturated/α-hetero) is 1. The summed E-state index contributed by atoms with van der Waals surface area (Å²) in [5.41, 5.74) is 1.42. The Balaban J connectivity index is 2.01. The van der Waals surface area contributed by atoms with Crippen molar-refractivity contribution in [3.63, 3.8) is 0 Å². The fourth-order valence-corrected chi connectivity index (χ4v) is 1.64. The van der Waals surface area contributed by atoms with Crippen molar-refractivity contribution in [2.45, 2.75) is 12.8 Å². The van der Waals surface area contributed by atoms with Gasteiger partial charge in [0.1, 0.15) is 11.5 Å². The SMILES string of the molecule is O=C(Cc1ccccn1)Cc1ccccc1O. The second-order valence-corrected chi connectivity index (χ2v) is 3.84. The van der Waals surface area contributed by atoms with Crippen molar-refractivity contribution in [3.05, 3.63) is 59.9 Å². The van der Waals surface area contributed by atoms with Crippen LogP contribution in [0.25, 0.3) is 0 Å². The number of hydrogen-bond acceptors (Lipinski definition) is 3. The van der Waals surface area contributed by atoms with Crippen molar-refractivity contribution < 1.29 is 9.90 Å². The number of phenolic OH excluding ortho intramolecular Hbond substituents is 1. The fourth-order valence-electron chi connectivity index (χ4n) is 1.64. The summed E-state index contributed by atoms with van der Waals surface area (Å²) in [6, 6.07) is 12.4. The molecule has 0 bridgehead atoms. The van der Waals surface area contributed by atoms with E-state index in [9.17, 15) is 9.90 Å². The van der Waals surface area contributed by atoms with Crippen LogP contribution in [0.15, 0.2) is 48.7 Å². The number of aromatic nitrogens is 1. The van der Waals surface area contributed by atoms with Crippen LogP contribution >= 0.6 is 0 Å². The number of benzene rings is 1. The molecule has 0 aliphatic heterocycles. The Bertz CT molecular complexity index is 509. The Morgan fingerprint density at radius 1 is 1.06 bits per heavy atom. The minimum atomic E-state index is 0.0465. The molecule has 1 aromatic carbocycles. The number of carbonyl (C=O) groups is 1. The summed E-state index contributed by atoms with van der Waals surface area (Å²) in [7, 11) is 0. The van der Waals surface area contributed by atoms with Gasteiger partial charge in [0.05, 0.1) is 0 Å². The molecule has 86 valence electrons. The summed E-state index contributed by atoms with van der Waals surface area (Å²) in [5.74, 6) is 0.215. The van der Waals surface area contributed by atoms with Gasteiger partial charge in [-0.25, -0.2) is 0 Å². The number of para-hydroxylation sites is 1. The van der Waals surface area contributed by atoms with Crippen LogP contribution in [-0.2, 0) is 17.6 Å². The van der Waals surface area contributed by atoms with Crippen molar-refractivity contribution in [1.29, 1.82) is 0 Å². The van der Waals surface area contributed by atoms with Gasteiger partial charge in [0.25, 0.3) is 0 Å². The summed E-state index contributed by atoms with van der Waals surface area (Å²) in [4.78, 5) is 15.9. The van der Waals surface area contributed by atoms with Gasteiger partial charge in [0.15, 0.2) is 0 Å². The Kier molecular flexibility index (Phi) is 3.50. The first-order valence-corrected chi connectivity index (χ1v) is 5.44. The first kappa shape index (κ1) is 11.3. The lowest BCUT2D eigenvalue weighted by atomic mass is 10.0. The van der Waals surface area contributed by atoms with Crippen LogP contribution in [0.4, 0.5) is 0 Å². The topological polar surface area (TPSA) is 50.2 Å². The highest BCUT2D eigenvalue weighted by atomic mass is 16.3. The average Bonchev–Trinajstić information content (AvgIpc) is 2.33. The van der Waals surface area contributed by atoms with Gasteiger partial charge < -0.3 is 5.11 Å². The molecule has 0 radical (unpaired) electrons. The molecule has 0 fully saturated rings. The van der Waals surface area contributed by atoms with Gasteiger partial charge >= 0.3 is 0 Å². The van der Waals surface area contributed by atoms with Gasteiger partial charge in [-0.2, -0.15) is 0 Å². The second kappa shape index (κ2) is 5.25. The van der Waals surface area contributed by atoms with E-state index in [2.05, 4.69) is 4.98 Å². The van der Waals surface area contributed by atoms with E-state index < -0.39 is 0 Å². The number of carbonyl (C=O) groups excluding carboxylic acids is 1. The van der Waals surface area contributed by atoms with Crippen molar-refractivity contribution in [2.24, 2.45) is 0 Å². The van der Waals surface area contributed by atoms with Crippen LogP contribution in [0.1, 0.15) is 11.3 Å². The van der Waals surface area contributed by atoms with Gasteiger partial charge in [0.2, 0.25) is 0 Å². The van der Waals surface area contributed by atoms with E-state index in [0.29, 0.717) is 12.0 Å². The smallest absolute Gasteiger partial charge is 0.143 e. The molecule has 3 nitrogen and oxygen atoms in total. The van der Waals surface area contributed by atoms with E-state index in [1.807, 2.05) is 24.3 Å². The van der Waals surface area contributed by atoms with Crippen LogP contribution in [0, 0.1) is 0 Å². The Morgan fingerprint density at radius 2 is 1.82 bits per heavy atom. The molecular weight excluding hydrogens is 214 g/mol. The molecule has 1 aromatic heterocycles. The van der Waals surface area contributed by atoms with Crippen molar-refractivity contribution in [1.82, 2.24) is 4.98 Å². The Labute approximate surface area is 99.8 Å². The van der Waals surface area contributed by atoms with Crippen LogP contribution in [0.5, 0.6) is 5.75 Å². The molecule has 0 saturated carbocycles. The number of ketones is 1. The summed E-state index contributed by atoms with van der Waals surface area (Å²) in [5, 5.41) is 9.56. The molecule has 2 rings (SSSR count). The Morgan fingerprint density at radius 3 is 2.53 bits per heavy atom. The monoisotopic (exact) mass is 227 g/mol. The molecule has 0 aliphatic rings. The lowest BCUT2D eigenvalue weighted by Crippen LogP contribution is -2.07. The highest BCUT2D eigenvalue weighted by molar-refractivity contribution is 5.83. The summed E-state index contributed by atoms with van der Waals surface area (Å²) >= 11 is 0. The quantitative estimate of drug-likeness (QED) is 0.870. The van der Waals surface area contributed by atoms with E-state index in [-0.39, 0.29) is 18.0 Å². The number of pyridine rings is 1. The molecule has 2 aromatic rings. The zero-order valence-corrected chi connectivity index (χ0v) is 9.34. The fraction of sp³-hybridized carbons (Fsp3) is 0.143. The van der Waals surface area contributed by atoms with E-state index in [1.54, 1.807) is 24.4 Å². The minimum Gasteiger partial charge on any atom is -0.508 e. The van der Waals surface area contributed by atoms with Crippen LogP contribution in [0.2, 0.25) is 0 Å². The van der Waals surface area contributed by atoms with Crippen molar-refractivity contribution in [3.8, 4) is 5.75 Å². The highest BCUT2D eigenvalue weighted by Crippen LogP contribution is 2.16. The molecule has 1 heterocycles. The first-order chi connectivity index (χ1) is 8.25. The molecule has 0 spiro atoms. The van der Waals surface area contributed by atoms with Crippen LogP contribution in [-0.4, -0.2) is 15.9 Å². The lowest BCUT2D eigenvalue weighted by Gasteiger charge is -2.03. The van der Waals surface area contributed by atoms with Gasteiger partial charge in [-0.05, 0) is 18.2 Å². The van der Waals surface area contributed by atoms with E-state index in [1.165, 1.54) is 0 Å². The standard InChI is InChI=1S/C14H13NO2/c16-13(10-12-6-3-4-8-15-12)9-11-5-1-2-7-14(11)17/h1-8,17H,9-10H2. The van der Waals surface area contributed by atoms with Crippen LogP contribution < -0.4 is 0 Å². The highest BCUT2D eigenvalue weighted by Gasteiger charge is 2.08. The molecule has 0 unspecified atom stereocenters. The summed E-state index contributed by atoms with van der Waals surface area (Å²) in [6.45, 7) is 0. The van der Waals surface area contributed by atoms with Gasteiger partial charge in [0, 0.05) is 30.3 Å². The molecular formula is C14H13NO2.